The van der Waals surface area contributed by atoms with Gasteiger partial charge in [-0.15, -0.1) is 0 Å². The van der Waals surface area contributed by atoms with Crippen LogP contribution in [0.15, 0.2) is 53.4 Å². The van der Waals surface area contributed by atoms with Crippen LogP contribution in [0.3, 0.4) is 0 Å². The molecule has 0 aliphatic carbocycles. The number of amides is 2. The molecule has 1 unspecified atom stereocenters. The highest BCUT2D eigenvalue weighted by Crippen LogP contribution is 2.37. The van der Waals surface area contributed by atoms with Gasteiger partial charge in [0.15, 0.2) is 0 Å². The van der Waals surface area contributed by atoms with Crippen molar-refractivity contribution in [1.29, 1.82) is 0 Å². The van der Waals surface area contributed by atoms with Gasteiger partial charge in [0.2, 0.25) is 10.0 Å². The molecule has 2 aliphatic heterocycles. The smallest absolute Gasteiger partial charge is 0.261 e. The Morgan fingerprint density at radius 3 is 2.38 bits per heavy atom. The Kier molecular flexibility index (Phi) is 3.93. The van der Waals surface area contributed by atoms with Crippen LogP contribution in [0.4, 0.5) is 0 Å². The van der Waals surface area contributed by atoms with Crippen molar-refractivity contribution in [2.24, 2.45) is 0 Å². The van der Waals surface area contributed by atoms with Gasteiger partial charge in [-0.1, -0.05) is 30.3 Å². The van der Waals surface area contributed by atoms with E-state index in [1.807, 2.05) is 30.3 Å². The number of imide groups is 1. The SMILES string of the molecule is CN1C(=O)c2ccc(S(=O)(=O)N3CCCC3c3ccccc3)cc2C1=O. The molecule has 0 aromatic heterocycles. The summed E-state index contributed by atoms with van der Waals surface area (Å²) < 4.78 is 27.9. The summed E-state index contributed by atoms with van der Waals surface area (Å²) in [5.41, 5.74) is 1.35. The van der Waals surface area contributed by atoms with Crippen LogP contribution in [0.25, 0.3) is 0 Å². The summed E-state index contributed by atoms with van der Waals surface area (Å²) in [6.07, 6.45) is 1.54. The molecule has 6 nitrogen and oxygen atoms in total. The molecule has 0 bridgehead atoms. The van der Waals surface area contributed by atoms with Crippen LogP contribution in [0.5, 0.6) is 0 Å². The quantitative estimate of drug-likeness (QED) is 0.778. The monoisotopic (exact) mass is 370 g/mol. The maximum atomic E-state index is 13.2. The van der Waals surface area contributed by atoms with Crippen LogP contribution in [0.2, 0.25) is 0 Å². The Labute approximate surface area is 152 Å². The summed E-state index contributed by atoms with van der Waals surface area (Å²) in [7, 11) is -2.37. The van der Waals surface area contributed by atoms with E-state index in [9.17, 15) is 18.0 Å². The highest BCUT2D eigenvalue weighted by molar-refractivity contribution is 7.89. The van der Waals surface area contributed by atoms with Crippen molar-refractivity contribution in [1.82, 2.24) is 9.21 Å². The fourth-order valence-corrected chi connectivity index (χ4v) is 5.38. The Balaban J connectivity index is 1.74. The predicted octanol–water partition coefficient (Wildman–Crippen LogP) is 2.44. The van der Waals surface area contributed by atoms with Crippen LogP contribution < -0.4 is 0 Å². The van der Waals surface area contributed by atoms with Crippen molar-refractivity contribution in [2.45, 2.75) is 23.8 Å². The van der Waals surface area contributed by atoms with E-state index in [0.717, 1.165) is 23.3 Å². The zero-order chi connectivity index (χ0) is 18.5. The van der Waals surface area contributed by atoms with Crippen molar-refractivity contribution < 1.29 is 18.0 Å². The first kappa shape index (κ1) is 16.9. The van der Waals surface area contributed by atoms with E-state index in [-0.39, 0.29) is 22.1 Å². The number of carbonyl (C=O) groups is 2. The molecular weight excluding hydrogens is 352 g/mol. The van der Waals surface area contributed by atoms with E-state index < -0.39 is 21.8 Å². The number of sulfonamides is 1. The van der Waals surface area contributed by atoms with Gasteiger partial charge in [0.25, 0.3) is 11.8 Å². The van der Waals surface area contributed by atoms with Gasteiger partial charge in [-0.05, 0) is 36.6 Å². The Morgan fingerprint density at radius 2 is 1.65 bits per heavy atom. The Morgan fingerprint density at radius 1 is 0.962 bits per heavy atom. The third-order valence-electron chi connectivity index (χ3n) is 5.06. The van der Waals surface area contributed by atoms with E-state index in [1.165, 1.54) is 29.6 Å². The topological polar surface area (TPSA) is 74.8 Å². The zero-order valence-corrected chi connectivity index (χ0v) is 15.1. The van der Waals surface area contributed by atoms with E-state index in [0.29, 0.717) is 6.54 Å². The summed E-state index contributed by atoms with van der Waals surface area (Å²) in [4.78, 5) is 25.3. The Hall–Kier alpha value is -2.51. The number of benzene rings is 2. The largest absolute Gasteiger partial charge is 0.277 e. The minimum Gasteiger partial charge on any atom is -0.277 e. The molecule has 0 radical (unpaired) electrons. The molecule has 2 aromatic rings. The number of rotatable bonds is 3. The number of nitrogens with zero attached hydrogens (tertiary/aromatic N) is 2. The first-order valence-corrected chi connectivity index (χ1v) is 9.88. The first-order chi connectivity index (χ1) is 12.4. The van der Waals surface area contributed by atoms with Crippen molar-refractivity contribution in [3.8, 4) is 0 Å². The zero-order valence-electron chi connectivity index (χ0n) is 14.3. The van der Waals surface area contributed by atoms with Crippen LogP contribution in [0.1, 0.15) is 45.2 Å². The molecule has 134 valence electrons. The minimum absolute atomic E-state index is 0.0514. The van der Waals surface area contributed by atoms with Crippen LogP contribution in [-0.4, -0.2) is 43.0 Å². The molecule has 2 heterocycles. The van der Waals surface area contributed by atoms with Gasteiger partial charge in [-0.25, -0.2) is 8.42 Å². The van der Waals surface area contributed by atoms with Crippen LogP contribution >= 0.6 is 0 Å². The molecule has 2 amide bonds. The van der Waals surface area contributed by atoms with Gasteiger partial charge in [-0.2, -0.15) is 4.31 Å². The first-order valence-electron chi connectivity index (χ1n) is 8.44. The van der Waals surface area contributed by atoms with Crippen molar-refractivity contribution >= 4 is 21.8 Å². The molecular formula is C19H18N2O4S. The maximum absolute atomic E-state index is 13.2. The second-order valence-electron chi connectivity index (χ2n) is 6.56. The van der Waals surface area contributed by atoms with Crippen LogP contribution in [0, 0.1) is 0 Å². The summed E-state index contributed by atoms with van der Waals surface area (Å²) in [5.74, 6) is -0.875. The third kappa shape index (κ3) is 2.47. The highest BCUT2D eigenvalue weighted by atomic mass is 32.2. The summed E-state index contributed by atoms with van der Waals surface area (Å²) in [6.45, 7) is 0.436. The van der Waals surface area contributed by atoms with E-state index in [1.54, 1.807) is 0 Å². The molecule has 0 N–H and O–H groups in total. The fourth-order valence-electron chi connectivity index (χ4n) is 3.67. The molecule has 4 rings (SSSR count). The van der Waals surface area contributed by atoms with Gasteiger partial charge in [0.1, 0.15) is 0 Å². The fraction of sp³-hybridized carbons (Fsp3) is 0.263. The Bertz CT molecular complexity index is 1000. The molecule has 0 spiro atoms. The molecule has 2 aliphatic rings. The molecule has 7 heteroatoms. The lowest BCUT2D eigenvalue weighted by Crippen LogP contribution is -2.30. The standard InChI is InChI=1S/C19H18N2O4S/c1-20-18(22)15-10-9-14(12-16(15)19(20)23)26(24,25)21-11-5-8-17(21)13-6-3-2-4-7-13/h2-4,6-7,9-10,12,17H,5,8,11H2,1H3. The lowest BCUT2D eigenvalue weighted by molar-refractivity contribution is 0.0693. The molecule has 0 saturated carbocycles. The number of carbonyl (C=O) groups excluding carboxylic acids is 2. The van der Waals surface area contributed by atoms with Gasteiger partial charge in [0.05, 0.1) is 22.1 Å². The van der Waals surface area contributed by atoms with Crippen molar-refractivity contribution in [3.05, 3.63) is 65.2 Å². The van der Waals surface area contributed by atoms with E-state index >= 15 is 0 Å². The molecule has 26 heavy (non-hydrogen) atoms. The second-order valence-corrected chi connectivity index (χ2v) is 8.45. The second kappa shape index (κ2) is 6.03. The lowest BCUT2D eigenvalue weighted by atomic mass is 10.1. The summed E-state index contributed by atoms with van der Waals surface area (Å²) in [6, 6.07) is 13.5. The van der Waals surface area contributed by atoms with Gasteiger partial charge < -0.3 is 0 Å². The number of fused-ring (bicyclic) bond motifs is 1. The van der Waals surface area contributed by atoms with Gasteiger partial charge in [-0.3, -0.25) is 14.5 Å². The normalized spacial score (nSPS) is 20.7. The lowest BCUT2D eigenvalue weighted by Gasteiger charge is -2.24. The third-order valence-corrected chi connectivity index (χ3v) is 6.96. The molecule has 1 saturated heterocycles. The molecule has 1 fully saturated rings. The minimum atomic E-state index is -3.76. The predicted molar refractivity (Wildman–Crippen MR) is 95.2 cm³/mol. The van der Waals surface area contributed by atoms with Gasteiger partial charge in [0, 0.05) is 13.6 Å². The number of hydrogen-bond acceptors (Lipinski definition) is 4. The molecule has 2 aromatic carbocycles. The summed E-state index contributed by atoms with van der Waals surface area (Å²) in [5, 5.41) is 0. The van der Waals surface area contributed by atoms with Crippen molar-refractivity contribution in [2.75, 3.05) is 13.6 Å². The maximum Gasteiger partial charge on any atom is 0.261 e. The van der Waals surface area contributed by atoms with Gasteiger partial charge >= 0.3 is 0 Å². The van der Waals surface area contributed by atoms with E-state index in [2.05, 4.69) is 0 Å². The van der Waals surface area contributed by atoms with Crippen LogP contribution in [-0.2, 0) is 10.0 Å². The number of hydrogen-bond donors (Lipinski definition) is 0. The summed E-state index contributed by atoms with van der Waals surface area (Å²) >= 11 is 0. The highest BCUT2D eigenvalue weighted by Gasteiger charge is 2.38. The average Bonchev–Trinajstić information content (AvgIpc) is 3.23. The van der Waals surface area contributed by atoms with E-state index in [4.69, 9.17) is 0 Å². The molecule has 1 atom stereocenters. The average molecular weight is 370 g/mol. The van der Waals surface area contributed by atoms with Crippen molar-refractivity contribution in [3.63, 3.8) is 0 Å².